The molecule has 0 aliphatic heterocycles. The summed E-state index contributed by atoms with van der Waals surface area (Å²) >= 11 is 0. The third-order valence-corrected chi connectivity index (χ3v) is 3.31. The van der Waals surface area contributed by atoms with Crippen LogP contribution in [0.2, 0.25) is 0 Å². The van der Waals surface area contributed by atoms with Crippen LogP contribution in [-0.2, 0) is 12.8 Å². The number of nitrogens with zero attached hydrogens (tertiary/aromatic N) is 1. The molecule has 0 aromatic heterocycles. The Morgan fingerprint density at radius 3 is 2.18 bits per heavy atom. The first kappa shape index (κ1) is 14.1. The number of anilines is 1. The molecule has 0 unspecified atom stereocenters. The molecule has 17 heavy (non-hydrogen) atoms. The van der Waals surface area contributed by atoms with Gasteiger partial charge < -0.3 is 4.90 Å². The highest BCUT2D eigenvalue weighted by atomic mass is 15.1. The van der Waals surface area contributed by atoms with Gasteiger partial charge in [0.15, 0.2) is 0 Å². The summed E-state index contributed by atoms with van der Waals surface area (Å²) in [6, 6.07) is 6.77. The lowest BCUT2D eigenvalue weighted by Gasteiger charge is -2.20. The first-order chi connectivity index (χ1) is 8.20. The van der Waals surface area contributed by atoms with Gasteiger partial charge >= 0.3 is 0 Å². The summed E-state index contributed by atoms with van der Waals surface area (Å²) in [6.45, 7) is 4.53. The van der Waals surface area contributed by atoms with Crippen molar-refractivity contribution >= 4 is 5.69 Å². The molecule has 0 bridgehead atoms. The fourth-order valence-electron chi connectivity index (χ4n) is 2.28. The second-order valence-electron chi connectivity index (χ2n) is 5.02. The van der Waals surface area contributed by atoms with Gasteiger partial charge in [-0.2, -0.15) is 0 Å². The van der Waals surface area contributed by atoms with Gasteiger partial charge in [-0.15, -0.1) is 0 Å². The highest BCUT2D eigenvalue weighted by Gasteiger charge is 2.09. The number of aryl methyl sites for hydroxylation is 1. The summed E-state index contributed by atoms with van der Waals surface area (Å²) in [5.41, 5.74) is 4.55. The van der Waals surface area contributed by atoms with Crippen molar-refractivity contribution in [2.24, 2.45) is 0 Å². The quantitative estimate of drug-likeness (QED) is 0.673. The van der Waals surface area contributed by atoms with E-state index in [9.17, 15) is 0 Å². The average Bonchev–Trinajstić information content (AvgIpc) is 2.33. The molecule has 1 aromatic carbocycles. The van der Waals surface area contributed by atoms with E-state index >= 15 is 0 Å². The van der Waals surface area contributed by atoms with Gasteiger partial charge in [0.1, 0.15) is 0 Å². The molecule has 0 heterocycles. The molecule has 0 N–H and O–H groups in total. The minimum atomic E-state index is 1.23. The molecule has 0 atom stereocenters. The Bertz CT molecular complexity index is 328. The van der Waals surface area contributed by atoms with Crippen LogP contribution in [0.1, 0.15) is 50.7 Å². The number of hydrogen-bond donors (Lipinski definition) is 0. The zero-order valence-electron chi connectivity index (χ0n) is 11.9. The van der Waals surface area contributed by atoms with Crippen molar-refractivity contribution in [2.75, 3.05) is 19.0 Å². The molecular weight excluding hydrogens is 206 g/mol. The molecule has 0 saturated carbocycles. The lowest BCUT2D eigenvalue weighted by atomic mass is 9.96. The normalized spacial score (nSPS) is 10.6. The fraction of sp³-hybridized carbons (Fsp3) is 0.625. The Hall–Kier alpha value is -0.980. The van der Waals surface area contributed by atoms with E-state index < -0.39 is 0 Å². The van der Waals surface area contributed by atoms with E-state index in [4.69, 9.17) is 0 Å². The zero-order valence-corrected chi connectivity index (χ0v) is 11.9. The van der Waals surface area contributed by atoms with E-state index in [1.54, 1.807) is 11.1 Å². The van der Waals surface area contributed by atoms with Gasteiger partial charge in [-0.25, -0.2) is 0 Å². The fourth-order valence-corrected chi connectivity index (χ4v) is 2.28. The van der Waals surface area contributed by atoms with E-state index in [1.807, 2.05) is 0 Å². The largest absolute Gasteiger partial charge is 0.377 e. The number of benzene rings is 1. The van der Waals surface area contributed by atoms with Crippen molar-refractivity contribution in [2.45, 2.75) is 52.4 Å². The van der Waals surface area contributed by atoms with Gasteiger partial charge in [-0.3, -0.25) is 0 Å². The van der Waals surface area contributed by atoms with Crippen LogP contribution < -0.4 is 4.90 Å². The first-order valence-electron chi connectivity index (χ1n) is 6.98. The predicted molar refractivity (Wildman–Crippen MR) is 78.0 cm³/mol. The second-order valence-corrected chi connectivity index (χ2v) is 5.02. The van der Waals surface area contributed by atoms with Crippen molar-refractivity contribution in [1.82, 2.24) is 0 Å². The van der Waals surface area contributed by atoms with Gasteiger partial charge in [0.05, 0.1) is 0 Å². The molecule has 0 spiro atoms. The van der Waals surface area contributed by atoms with Crippen LogP contribution in [0.4, 0.5) is 5.69 Å². The van der Waals surface area contributed by atoms with Crippen molar-refractivity contribution in [3.8, 4) is 0 Å². The molecule has 0 aliphatic rings. The van der Waals surface area contributed by atoms with Crippen molar-refractivity contribution < 1.29 is 0 Å². The van der Waals surface area contributed by atoms with Crippen LogP contribution in [0.5, 0.6) is 0 Å². The average molecular weight is 233 g/mol. The third-order valence-electron chi connectivity index (χ3n) is 3.31. The van der Waals surface area contributed by atoms with Gasteiger partial charge in [0, 0.05) is 19.8 Å². The van der Waals surface area contributed by atoms with Gasteiger partial charge in [-0.05, 0) is 42.9 Å². The molecule has 1 heteroatoms. The maximum atomic E-state index is 2.31. The SMILES string of the molecule is CCCCc1cccc(N(C)C)c1CCCC. The van der Waals surface area contributed by atoms with Gasteiger partial charge in [0.25, 0.3) is 0 Å². The van der Waals surface area contributed by atoms with Crippen molar-refractivity contribution in [1.29, 1.82) is 0 Å². The molecule has 96 valence electrons. The Labute approximate surface area is 107 Å². The highest BCUT2D eigenvalue weighted by Crippen LogP contribution is 2.25. The number of unbranched alkanes of at least 4 members (excludes halogenated alkanes) is 2. The first-order valence-corrected chi connectivity index (χ1v) is 6.98. The Kier molecular flexibility index (Phi) is 6.10. The minimum absolute atomic E-state index is 1.23. The van der Waals surface area contributed by atoms with Crippen LogP contribution >= 0.6 is 0 Å². The minimum Gasteiger partial charge on any atom is -0.377 e. The molecular formula is C16H27N. The summed E-state index contributed by atoms with van der Waals surface area (Å²) in [5, 5.41) is 0. The van der Waals surface area contributed by atoms with Crippen LogP contribution in [0.25, 0.3) is 0 Å². The van der Waals surface area contributed by atoms with Crippen LogP contribution in [0.3, 0.4) is 0 Å². The summed E-state index contributed by atoms with van der Waals surface area (Å²) in [7, 11) is 4.29. The van der Waals surface area contributed by atoms with E-state index in [1.165, 1.54) is 44.2 Å². The second kappa shape index (κ2) is 7.37. The molecule has 1 nitrogen and oxygen atoms in total. The van der Waals surface area contributed by atoms with E-state index in [2.05, 4.69) is 51.0 Å². The molecule has 0 amide bonds. The number of rotatable bonds is 7. The summed E-state index contributed by atoms with van der Waals surface area (Å²) in [5.74, 6) is 0. The monoisotopic (exact) mass is 233 g/mol. The summed E-state index contributed by atoms with van der Waals surface area (Å²) in [4.78, 5) is 2.25. The molecule has 0 aliphatic carbocycles. The zero-order chi connectivity index (χ0) is 12.7. The lowest BCUT2D eigenvalue weighted by molar-refractivity contribution is 0.756. The van der Waals surface area contributed by atoms with E-state index in [0.717, 1.165) is 0 Å². The number of hydrogen-bond acceptors (Lipinski definition) is 1. The van der Waals surface area contributed by atoms with E-state index in [0.29, 0.717) is 0 Å². The predicted octanol–water partition coefficient (Wildman–Crippen LogP) is 4.44. The van der Waals surface area contributed by atoms with Gasteiger partial charge in [-0.1, -0.05) is 38.8 Å². The van der Waals surface area contributed by atoms with E-state index in [-0.39, 0.29) is 0 Å². The third kappa shape index (κ3) is 4.07. The maximum absolute atomic E-state index is 2.31. The molecule has 1 rings (SSSR count). The van der Waals surface area contributed by atoms with Crippen LogP contribution in [0.15, 0.2) is 18.2 Å². The standard InChI is InChI=1S/C16H27N/c1-5-7-10-14-11-9-13-16(17(3)4)15(14)12-8-6-2/h9,11,13H,5-8,10,12H2,1-4H3. The lowest BCUT2D eigenvalue weighted by Crippen LogP contribution is -2.12. The smallest absolute Gasteiger partial charge is 0.0396 e. The highest BCUT2D eigenvalue weighted by molar-refractivity contribution is 5.56. The molecule has 0 fully saturated rings. The topological polar surface area (TPSA) is 3.24 Å². The van der Waals surface area contributed by atoms with Crippen LogP contribution in [0, 0.1) is 0 Å². The molecule has 1 aromatic rings. The summed E-state index contributed by atoms with van der Waals surface area (Å²) in [6.07, 6.45) is 7.61. The molecule has 0 radical (unpaired) electrons. The van der Waals surface area contributed by atoms with Gasteiger partial charge in [0.2, 0.25) is 0 Å². The molecule has 0 saturated heterocycles. The summed E-state index contributed by atoms with van der Waals surface area (Å²) < 4.78 is 0. The van der Waals surface area contributed by atoms with Crippen LogP contribution in [-0.4, -0.2) is 14.1 Å². The Balaban J connectivity index is 2.96. The maximum Gasteiger partial charge on any atom is 0.0396 e. The Morgan fingerprint density at radius 1 is 0.941 bits per heavy atom. The van der Waals surface area contributed by atoms with Crippen molar-refractivity contribution in [3.05, 3.63) is 29.3 Å². The van der Waals surface area contributed by atoms with Crippen molar-refractivity contribution in [3.63, 3.8) is 0 Å². The Morgan fingerprint density at radius 2 is 1.59 bits per heavy atom.